The van der Waals surface area contributed by atoms with Gasteiger partial charge < -0.3 is 15.5 Å². The van der Waals surface area contributed by atoms with E-state index in [2.05, 4.69) is 36.9 Å². The summed E-state index contributed by atoms with van der Waals surface area (Å²) in [5, 5.41) is 16.4. The topological polar surface area (TPSA) is 113 Å². The van der Waals surface area contributed by atoms with E-state index in [1.165, 1.54) is 11.8 Å². The second-order valence-electron chi connectivity index (χ2n) is 7.60. The molecule has 1 atom stereocenters. The number of nitrogens with one attached hydrogen (secondary N) is 2. The Bertz CT molecular complexity index is 1250. The van der Waals surface area contributed by atoms with Gasteiger partial charge in [0.1, 0.15) is 5.01 Å². The Morgan fingerprint density at radius 2 is 2.00 bits per heavy atom. The predicted octanol–water partition coefficient (Wildman–Crippen LogP) is 3.45. The maximum absolute atomic E-state index is 13.2. The fraction of sp³-hybridized carbons (Fsp3) is 0.429. The Balaban J connectivity index is 1.34. The molecule has 1 aromatic carbocycles. The van der Waals surface area contributed by atoms with Crippen molar-refractivity contribution in [3.8, 4) is 0 Å². The van der Waals surface area contributed by atoms with Gasteiger partial charge in [-0.05, 0) is 38.8 Å². The Morgan fingerprint density at radius 3 is 2.82 bits per heavy atom. The van der Waals surface area contributed by atoms with Crippen molar-refractivity contribution in [3.63, 3.8) is 0 Å². The molecule has 0 saturated carbocycles. The van der Waals surface area contributed by atoms with E-state index in [4.69, 9.17) is 4.98 Å². The Morgan fingerprint density at radius 1 is 1.15 bits per heavy atom. The van der Waals surface area contributed by atoms with Crippen LogP contribution in [-0.4, -0.2) is 65.7 Å². The molecule has 10 nitrogen and oxygen atoms in total. The number of fused-ring (bicyclic) bond motifs is 2. The van der Waals surface area contributed by atoms with E-state index in [-0.39, 0.29) is 17.7 Å². The molecule has 12 heteroatoms. The molecule has 1 aliphatic heterocycles. The molecule has 4 aromatic rings. The number of hydrogen-bond donors (Lipinski definition) is 2. The van der Waals surface area contributed by atoms with Gasteiger partial charge in [-0.3, -0.25) is 4.79 Å². The van der Waals surface area contributed by atoms with E-state index < -0.39 is 0 Å². The normalized spacial score (nSPS) is 16.1. The average molecular weight is 484 g/mol. The molecular formula is C21H25N9OS2. The van der Waals surface area contributed by atoms with Gasteiger partial charge in [0.2, 0.25) is 17.8 Å². The average Bonchev–Trinajstić information content (AvgIpc) is 3.55. The highest BCUT2D eigenvalue weighted by molar-refractivity contribution is 7.99. The summed E-state index contributed by atoms with van der Waals surface area (Å²) in [6.45, 7) is 6.13. The molecule has 1 amide bonds. The zero-order chi connectivity index (χ0) is 22.8. The molecule has 1 aliphatic rings. The molecular weight excluding hydrogens is 458 g/mol. The number of hydrogen-bond acceptors (Lipinski definition) is 10. The smallest absolute Gasteiger partial charge is 0.261 e. The van der Waals surface area contributed by atoms with Gasteiger partial charge in [-0.1, -0.05) is 23.9 Å². The lowest BCUT2D eigenvalue weighted by atomic mass is 10.2. The Labute approximate surface area is 199 Å². The van der Waals surface area contributed by atoms with Crippen molar-refractivity contribution in [3.05, 3.63) is 29.3 Å². The van der Waals surface area contributed by atoms with Crippen LogP contribution in [0.5, 0.6) is 0 Å². The van der Waals surface area contributed by atoms with Crippen LogP contribution in [0.1, 0.15) is 37.7 Å². The fourth-order valence-corrected chi connectivity index (χ4v) is 5.89. The van der Waals surface area contributed by atoms with E-state index in [1.54, 1.807) is 15.7 Å². The predicted molar refractivity (Wildman–Crippen MR) is 131 cm³/mol. The number of carbonyl (C=O) groups excluding carboxylic acids is 1. The first-order chi connectivity index (χ1) is 16.2. The number of thioether (sulfide) groups is 1. The standard InChI is InChI=1S/C21H25N9OS2/c1-3-22-18-25-19(23-4-2)30-20(26-18)27-28-21(30)32-12-16(31)29-11-7-9-14(29)17-24-13-8-5-6-10-15(13)33-17/h5-6,8,10,14H,3-4,7,9,11-12H2,1-2H3,(H2,22,23,25,26,27). The van der Waals surface area contributed by atoms with Crippen LogP contribution in [-0.2, 0) is 4.79 Å². The summed E-state index contributed by atoms with van der Waals surface area (Å²) in [5.74, 6) is 1.89. The van der Waals surface area contributed by atoms with Crippen molar-refractivity contribution in [2.45, 2.75) is 37.9 Å². The Kier molecular flexibility index (Phi) is 6.27. The van der Waals surface area contributed by atoms with E-state index in [1.807, 2.05) is 36.9 Å². The number of likely N-dealkylation sites (tertiary alicyclic amines) is 1. The van der Waals surface area contributed by atoms with Gasteiger partial charge in [0.25, 0.3) is 5.78 Å². The van der Waals surface area contributed by atoms with Crippen molar-refractivity contribution >= 4 is 56.9 Å². The molecule has 3 aromatic heterocycles. The summed E-state index contributed by atoms with van der Waals surface area (Å²) in [6.07, 6.45) is 1.92. The summed E-state index contributed by atoms with van der Waals surface area (Å²) in [6, 6.07) is 8.15. The number of para-hydroxylation sites is 1. The zero-order valence-electron chi connectivity index (χ0n) is 18.5. The molecule has 1 unspecified atom stereocenters. The first-order valence-electron chi connectivity index (χ1n) is 11.1. The number of aromatic nitrogens is 6. The highest BCUT2D eigenvalue weighted by Gasteiger charge is 2.32. The van der Waals surface area contributed by atoms with Crippen LogP contribution in [0.4, 0.5) is 11.9 Å². The van der Waals surface area contributed by atoms with Crippen LogP contribution < -0.4 is 10.6 Å². The third-order valence-electron chi connectivity index (χ3n) is 5.41. The van der Waals surface area contributed by atoms with Gasteiger partial charge in [-0.15, -0.1) is 21.5 Å². The van der Waals surface area contributed by atoms with Crippen LogP contribution in [0.3, 0.4) is 0 Å². The van der Waals surface area contributed by atoms with Crippen LogP contribution in [0.25, 0.3) is 16.0 Å². The molecule has 2 N–H and O–H groups in total. The van der Waals surface area contributed by atoms with Crippen LogP contribution in [0, 0.1) is 0 Å². The summed E-state index contributed by atoms with van der Waals surface area (Å²) in [7, 11) is 0. The lowest BCUT2D eigenvalue weighted by Crippen LogP contribution is -2.32. The number of carbonyl (C=O) groups is 1. The molecule has 33 heavy (non-hydrogen) atoms. The highest BCUT2D eigenvalue weighted by Crippen LogP contribution is 2.37. The van der Waals surface area contributed by atoms with Crippen molar-refractivity contribution < 1.29 is 4.79 Å². The number of nitrogens with zero attached hydrogens (tertiary/aromatic N) is 7. The van der Waals surface area contributed by atoms with Crippen LogP contribution in [0.2, 0.25) is 0 Å². The number of anilines is 2. The van der Waals surface area contributed by atoms with Gasteiger partial charge >= 0.3 is 0 Å². The minimum Gasteiger partial charge on any atom is -0.355 e. The molecule has 1 saturated heterocycles. The molecule has 0 aliphatic carbocycles. The lowest BCUT2D eigenvalue weighted by Gasteiger charge is -2.22. The first kappa shape index (κ1) is 21.8. The second kappa shape index (κ2) is 9.48. The molecule has 1 fully saturated rings. The molecule has 0 bridgehead atoms. The quantitative estimate of drug-likeness (QED) is 0.364. The first-order valence-corrected chi connectivity index (χ1v) is 12.9. The maximum atomic E-state index is 13.2. The van der Waals surface area contributed by atoms with Crippen molar-refractivity contribution in [1.29, 1.82) is 0 Å². The lowest BCUT2D eigenvalue weighted by molar-refractivity contribution is -0.129. The van der Waals surface area contributed by atoms with Crippen LogP contribution in [0.15, 0.2) is 29.4 Å². The van der Waals surface area contributed by atoms with Gasteiger partial charge in [0, 0.05) is 19.6 Å². The number of benzene rings is 1. The summed E-state index contributed by atoms with van der Waals surface area (Å²) < 4.78 is 2.92. The van der Waals surface area contributed by atoms with E-state index in [9.17, 15) is 4.79 Å². The van der Waals surface area contributed by atoms with Gasteiger partial charge in [-0.2, -0.15) is 9.97 Å². The fourth-order valence-electron chi connectivity index (χ4n) is 3.96. The molecule has 0 spiro atoms. The molecule has 0 radical (unpaired) electrons. The third-order valence-corrected chi connectivity index (χ3v) is 7.46. The number of amides is 1. The SMILES string of the molecule is CCNc1nc(NCC)n2c(SCC(=O)N3CCCC3c3nc4ccccc4s3)nnc2n1. The summed E-state index contributed by atoms with van der Waals surface area (Å²) in [5.41, 5.74) is 0.994. The highest BCUT2D eigenvalue weighted by atomic mass is 32.2. The van der Waals surface area contributed by atoms with Crippen LogP contribution >= 0.6 is 23.1 Å². The molecule has 4 heterocycles. The third kappa shape index (κ3) is 4.32. The van der Waals surface area contributed by atoms with Crippen molar-refractivity contribution in [2.24, 2.45) is 0 Å². The number of rotatable bonds is 8. The van der Waals surface area contributed by atoms with Crippen molar-refractivity contribution in [1.82, 2.24) is 34.4 Å². The second-order valence-corrected chi connectivity index (χ2v) is 9.61. The molecule has 172 valence electrons. The van der Waals surface area contributed by atoms with Gasteiger partial charge in [-0.25, -0.2) is 9.38 Å². The summed E-state index contributed by atoms with van der Waals surface area (Å²) >= 11 is 3.03. The minimum absolute atomic E-state index is 0.0361. The monoisotopic (exact) mass is 483 g/mol. The minimum atomic E-state index is 0.0361. The van der Waals surface area contributed by atoms with E-state index in [0.717, 1.165) is 34.6 Å². The van der Waals surface area contributed by atoms with E-state index in [0.29, 0.717) is 35.9 Å². The Hall–Kier alpha value is -2.99. The van der Waals surface area contributed by atoms with Gasteiger partial charge in [0.15, 0.2) is 5.16 Å². The number of thiazole rings is 1. The molecule has 5 rings (SSSR count). The zero-order valence-corrected chi connectivity index (χ0v) is 20.1. The maximum Gasteiger partial charge on any atom is 0.261 e. The summed E-state index contributed by atoms with van der Waals surface area (Å²) in [4.78, 5) is 28.9. The largest absolute Gasteiger partial charge is 0.355 e. The van der Waals surface area contributed by atoms with E-state index >= 15 is 0 Å². The van der Waals surface area contributed by atoms with Gasteiger partial charge in [0.05, 0.1) is 22.0 Å². The van der Waals surface area contributed by atoms with Crippen molar-refractivity contribution in [2.75, 3.05) is 36.0 Å².